The molecule has 51 heavy (non-hydrogen) atoms. The van der Waals surface area contributed by atoms with Crippen molar-refractivity contribution in [2.45, 2.75) is 0 Å². The van der Waals surface area contributed by atoms with Crippen molar-refractivity contribution < 1.29 is 11.0 Å². The van der Waals surface area contributed by atoms with Crippen LogP contribution in [0.2, 0.25) is 0 Å². The summed E-state index contributed by atoms with van der Waals surface area (Å²) in [4.78, 5) is 9.40. The lowest BCUT2D eigenvalue weighted by molar-refractivity contribution is 1.08. The number of rotatable bonds is 6. The molecule has 0 radical (unpaired) electrons. The van der Waals surface area contributed by atoms with Gasteiger partial charge in [0.25, 0.3) is 0 Å². The number of benzene rings is 7. The van der Waals surface area contributed by atoms with Crippen molar-refractivity contribution in [3.05, 3.63) is 188 Å². The second-order valence-corrected chi connectivity index (χ2v) is 17.3. The van der Waals surface area contributed by atoms with Crippen LogP contribution >= 0.6 is 11.3 Å². The highest BCUT2D eigenvalue weighted by Gasteiger charge is 2.41. The maximum Gasteiger partial charge on any atom is 0.179 e. The second-order valence-electron chi connectivity index (χ2n) is 12.4. The molecule has 0 fully saturated rings. The molecule has 3 aromatic heterocycles. The van der Waals surface area contributed by atoms with E-state index < -0.39 is 32.2 Å². The van der Waals surface area contributed by atoms with Gasteiger partial charge in [-0.25, -0.2) is 9.97 Å². The smallest absolute Gasteiger partial charge is 0.179 e. The number of hydrogen-bond acceptors (Lipinski definition) is 3. The number of thiophene rings is 1. The average Bonchev–Trinajstić information content (AvgIpc) is 3.84. The van der Waals surface area contributed by atoms with Crippen LogP contribution in [-0.2, 0) is 0 Å². The summed E-state index contributed by atoms with van der Waals surface area (Å²) in [6.07, 6.45) is 1.39. The van der Waals surface area contributed by atoms with Crippen molar-refractivity contribution >= 4 is 82.3 Å². The zero-order valence-corrected chi connectivity index (χ0v) is 28.8. The van der Waals surface area contributed by atoms with Crippen molar-refractivity contribution in [1.29, 1.82) is 0 Å². The summed E-state index contributed by atoms with van der Waals surface area (Å²) in [6.45, 7) is 0. The van der Waals surface area contributed by atoms with Gasteiger partial charge in [-0.05, 0) is 56.1 Å². The molecule has 3 nitrogen and oxygen atoms in total. The fourth-order valence-electron chi connectivity index (χ4n) is 7.53. The van der Waals surface area contributed by atoms with E-state index in [-0.39, 0.29) is 51.8 Å². The largest absolute Gasteiger partial charge is 0.292 e. The quantitative estimate of drug-likeness (QED) is 0.129. The normalized spacial score (nSPS) is 14.1. The van der Waals surface area contributed by atoms with Gasteiger partial charge in [0.2, 0.25) is 0 Å². The predicted octanol–water partition coefficient (Wildman–Crippen LogP) is 8.99. The molecule has 0 spiro atoms. The van der Waals surface area contributed by atoms with E-state index in [9.17, 15) is 0 Å². The molecule has 0 saturated heterocycles. The first-order chi connectivity index (χ1) is 28.6. The highest BCUT2D eigenvalue weighted by Crippen LogP contribution is 2.40. The molecule has 0 aliphatic carbocycles. The fourth-order valence-corrected chi connectivity index (χ4v) is 13.4. The molecule has 0 unspecified atom stereocenters. The topological polar surface area (TPSA) is 30.7 Å². The first-order valence-corrected chi connectivity index (χ1v) is 19.4. The molecule has 3 heterocycles. The van der Waals surface area contributed by atoms with Crippen molar-refractivity contribution in [2.75, 3.05) is 0 Å². The maximum atomic E-state index is 9.00. The summed E-state index contributed by atoms with van der Waals surface area (Å²) in [6, 6.07) is 43.9. The van der Waals surface area contributed by atoms with Crippen LogP contribution in [0, 0.1) is 0 Å². The van der Waals surface area contributed by atoms with Crippen LogP contribution in [0.25, 0.3) is 59.1 Å². The van der Waals surface area contributed by atoms with Crippen molar-refractivity contribution in [2.24, 2.45) is 0 Å². The van der Waals surface area contributed by atoms with Crippen LogP contribution in [0.15, 0.2) is 188 Å². The van der Waals surface area contributed by atoms with E-state index in [0.717, 1.165) is 21.2 Å². The Morgan fingerprint density at radius 3 is 1.67 bits per heavy atom. The molecule has 10 rings (SSSR count). The number of nitrogens with zero attached hydrogens (tertiary/aromatic N) is 3. The molecule has 0 N–H and O–H groups in total. The molecule has 5 heteroatoms. The van der Waals surface area contributed by atoms with Crippen LogP contribution in [0.1, 0.15) is 11.0 Å². The lowest BCUT2D eigenvalue weighted by Gasteiger charge is -2.34. The Balaban J connectivity index is 1.21. The third kappa shape index (κ3) is 4.63. The minimum atomic E-state index is -2.79. The van der Waals surface area contributed by atoms with Crippen molar-refractivity contribution in [1.82, 2.24) is 14.5 Å². The summed E-state index contributed by atoms with van der Waals surface area (Å²) < 4.78 is 72.6. The van der Waals surface area contributed by atoms with Crippen molar-refractivity contribution in [3.63, 3.8) is 0 Å². The van der Waals surface area contributed by atoms with E-state index in [2.05, 4.69) is 132 Å². The van der Waals surface area contributed by atoms with Gasteiger partial charge in [-0.2, -0.15) is 0 Å². The lowest BCUT2D eigenvalue weighted by Crippen LogP contribution is -2.74. The Morgan fingerprint density at radius 1 is 0.510 bits per heavy atom. The van der Waals surface area contributed by atoms with Gasteiger partial charge in [-0.3, -0.25) is 4.57 Å². The van der Waals surface area contributed by atoms with Crippen LogP contribution in [0.5, 0.6) is 0 Å². The van der Waals surface area contributed by atoms with E-state index >= 15 is 0 Å². The molecule has 10 aromatic rings. The van der Waals surface area contributed by atoms with Gasteiger partial charge in [0.05, 0.1) is 32.2 Å². The second kappa shape index (κ2) is 12.0. The van der Waals surface area contributed by atoms with E-state index in [4.69, 9.17) is 16.0 Å². The molecule has 0 aliphatic heterocycles. The Morgan fingerprint density at radius 2 is 1.06 bits per heavy atom. The third-order valence-corrected chi connectivity index (χ3v) is 15.7. The molecular weight excluding hydrogens is 655 g/mol. The number of para-hydroxylation sites is 2. The van der Waals surface area contributed by atoms with Gasteiger partial charge in [0.15, 0.2) is 13.9 Å². The number of hydrogen-bond donors (Lipinski definition) is 0. The Hall–Kier alpha value is -6.14. The number of fused-ring (bicyclic) bond motifs is 6. The van der Waals surface area contributed by atoms with Gasteiger partial charge in [-0.15, -0.1) is 11.3 Å². The van der Waals surface area contributed by atoms with Gasteiger partial charge < -0.3 is 0 Å². The first-order valence-electron chi connectivity index (χ1n) is 20.6. The molecule has 0 aliphatic rings. The van der Waals surface area contributed by atoms with Gasteiger partial charge in [-0.1, -0.05) is 158 Å². The minimum absolute atomic E-state index is 0.00850. The monoisotopic (exact) mass is 693 g/mol. The molecule has 0 atom stereocenters. The van der Waals surface area contributed by atoms with E-state index in [0.29, 0.717) is 10.2 Å². The lowest BCUT2D eigenvalue weighted by atomic mass is 10.0. The highest BCUT2D eigenvalue weighted by atomic mass is 32.1. The molecule has 240 valence electrons. The van der Waals surface area contributed by atoms with Crippen molar-refractivity contribution in [3.8, 4) is 16.9 Å². The van der Waals surface area contributed by atoms with E-state index in [1.807, 2.05) is 6.07 Å². The summed E-state index contributed by atoms with van der Waals surface area (Å²) >= 11 is 1.42. The third-order valence-electron chi connectivity index (χ3n) is 9.73. The zero-order chi connectivity index (χ0) is 40.7. The van der Waals surface area contributed by atoms with Crippen LogP contribution < -0.4 is 20.7 Å². The predicted molar refractivity (Wildman–Crippen MR) is 218 cm³/mol. The highest BCUT2D eigenvalue weighted by molar-refractivity contribution is 7.26. The molecule has 0 bridgehead atoms. The van der Waals surface area contributed by atoms with Gasteiger partial charge in [0, 0.05) is 20.9 Å². The molecule has 0 saturated carbocycles. The van der Waals surface area contributed by atoms with Gasteiger partial charge >= 0.3 is 0 Å². The number of aromatic nitrogens is 3. The summed E-state index contributed by atoms with van der Waals surface area (Å²) in [5.41, 5.74) is 2.68. The van der Waals surface area contributed by atoms with Gasteiger partial charge in [0.1, 0.15) is 6.33 Å². The summed E-state index contributed by atoms with van der Waals surface area (Å²) in [5.74, 6) is 0.263. The Labute approximate surface area is 312 Å². The molecule has 7 aromatic carbocycles. The van der Waals surface area contributed by atoms with E-state index in [1.165, 1.54) is 43.0 Å². The minimum Gasteiger partial charge on any atom is -0.292 e. The van der Waals surface area contributed by atoms with Crippen LogP contribution in [0.4, 0.5) is 0 Å². The fraction of sp³-hybridized carbons (Fsp3) is 0. The summed E-state index contributed by atoms with van der Waals surface area (Å²) in [7, 11) is -2.79. The average molecular weight is 694 g/mol. The standard InChI is InChI=1S/C46H31N3SSi/c1-4-16-34(17-5-1)51(35-18-6-2-7-19-35,36-20-8-3-9-21-36)37-22-14-15-32(29-37)33-27-28-43-40(30-33)44-45(50-43)46(48-31-47-44)49-41-25-12-10-23-38(41)39-24-11-13-26-42(39)49/h1-31H/i10D,11D,12D,13D,23D,24D,25D,26D. The Bertz CT molecular complexity index is 3150. The molecule has 0 amide bonds. The summed E-state index contributed by atoms with van der Waals surface area (Å²) in [5, 5.41) is 5.94. The van der Waals surface area contributed by atoms with Crippen LogP contribution in [-0.4, -0.2) is 22.6 Å². The molecular formula is C46H31N3SSi. The SMILES string of the molecule is [2H]c1c([2H])c([2H])c2c(c1[2H])c1c([2H])c([2H])c([2H])c([2H])c1n2-c1ncnc2c1sc1ccc(-c3cccc([Si](c4ccccc4)(c4ccccc4)c4ccccc4)c3)cc12. The van der Waals surface area contributed by atoms with E-state index in [1.54, 1.807) is 0 Å². The zero-order valence-electron chi connectivity index (χ0n) is 35.0. The Kier molecular flexibility index (Phi) is 5.32. The van der Waals surface area contributed by atoms with Crippen LogP contribution in [0.3, 0.4) is 0 Å². The maximum absolute atomic E-state index is 9.00. The first kappa shape index (κ1) is 22.5.